The van der Waals surface area contributed by atoms with Crippen LogP contribution in [0.4, 0.5) is 5.69 Å². The minimum atomic E-state index is -0.0600. The quantitative estimate of drug-likeness (QED) is 0.763. The van der Waals surface area contributed by atoms with E-state index in [0.717, 1.165) is 50.3 Å². The fourth-order valence-electron chi connectivity index (χ4n) is 4.50. The second-order valence-electron chi connectivity index (χ2n) is 8.18. The zero-order valence-electron chi connectivity index (χ0n) is 17.1. The summed E-state index contributed by atoms with van der Waals surface area (Å²) < 4.78 is 0. The number of carbonyl (C=O) groups is 2. The normalized spacial score (nSPS) is 25.3. The van der Waals surface area contributed by atoms with Crippen molar-refractivity contribution in [3.63, 3.8) is 0 Å². The van der Waals surface area contributed by atoms with Crippen molar-refractivity contribution in [2.45, 2.75) is 65.1 Å². The molecule has 1 amide bonds. The van der Waals surface area contributed by atoms with Crippen LogP contribution in [0.1, 0.15) is 57.3 Å². The molecular weight excluding hydrogens is 338 g/mol. The molecule has 0 N–H and O–H groups in total. The van der Waals surface area contributed by atoms with Crippen LogP contribution in [-0.4, -0.2) is 65.8 Å². The molecule has 0 bridgehead atoms. The molecule has 148 valence electrons. The number of hydrogen-bond acceptors (Lipinski definition) is 4. The molecular formula is C22H33N3O2. The Labute approximate surface area is 163 Å². The van der Waals surface area contributed by atoms with Crippen molar-refractivity contribution in [1.82, 2.24) is 9.80 Å². The maximum absolute atomic E-state index is 13.1. The number of nitrogens with zero attached hydrogens (tertiary/aromatic N) is 3. The van der Waals surface area contributed by atoms with Crippen LogP contribution in [0.25, 0.3) is 0 Å². The number of carbonyl (C=O) groups excluding carboxylic acids is 2. The van der Waals surface area contributed by atoms with Crippen LogP contribution in [0.5, 0.6) is 0 Å². The second kappa shape index (κ2) is 8.42. The molecule has 0 spiro atoms. The van der Waals surface area contributed by atoms with Crippen LogP contribution in [0.3, 0.4) is 0 Å². The van der Waals surface area contributed by atoms with Crippen LogP contribution in [0, 0.1) is 0 Å². The van der Waals surface area contributed by atoms with Crippen molar-refractivity contribution in [3.8, 4) is 0 Å². The fourth-order valence-corrected chi connectivity index (χ4v) is 4.50. The van der Waals surface area contributed by atoms with E-state index in [2.05, 4.69) is 35.5 Å². The zero-order valence-corrected chi connectivity index (χ0v) is 17.1. The van der Waals surface area contributed by atoms with Crippen LogP contribution >= 0.6 is 0 Å². The molecule has 2 aliphatic rings. The van der Waals surface area contributed by atoms with Gasteiger partial charge in [0.2, 0.25) is 5.91 Å². The van der Waals surface area contributed by atoms with Crippen LogP contribution < -0.4 is 4.90 Å². The molecule has 2 heterocycles. The zero-order chi connectivity index (χ0) is 19.6. The highest BCUT2D eigenvalue weighted by atomic mass is 16.2. The van der Waals surface area contributed by atoms with Gasteiger partial charge < -0.3 is 9.80 Å². The molecule has 0 aromatic heterocycles. The molecule has 5 nitrogen and oxygen atoms in total. The van der Waals surface area contributed by atoms with Gasteiger partial charge in [-0.1, -0.05) is 0 Å². The van der Waals surface area contributed by atoms with Gasteiger partial charge in [-0.15, -0.1) is 0 Å². The van der Waals surface area contributed by atoms with Crippen molar-refractivity contribution in [1.29, 1.82) is 0 Å². The van der Waals surface area contributed by atoms with E-state index in [9.17, 15) is 9.59 Å². The van der Waals surface area contributed by atoms with Crippen molar-refractivity contribution in [2.75, 3.05) is 31.1 Å². The SMILES string of the molecule is CC(=O)c1ccc(N2CCN([C@H](C)C(=O)N3[C@H](C)CCC[C@@H]3C)CC2)cc1. The Bertz CT molecular complexity index is 655. The van der Waals surface area contributed by atoms with Crippen LogP contribution in [0.2, 0.25) is 0 Å². The number of piperazine rings is 1. The third-order valence-corrected chi connectivity index (χ3v) is 6.31. The number of benzene rings is 1. The number of amides is 1. The molecule has 3 atom stereocenters. The first-order valence-electron chi connectivity index (χ1n) is 10.3. The average molecular weight is 372 g/mol. The summed E-state index contributed by atoms with van der Waals surface area (Å²) in [6.07, 6.45) is 3.46. The van der Waals surface area contributed by atoms with E-state index in [1.165, 1.54) is 6.42 Å². The molecule has 27 heavy (non-hydrogen) atoms. The van der Waals surface area contributed by atoms with E-state index in [4.69, 9.17) is 0 Å². The van der Waals surface area contributed by atoms with E-state index >= 15 is 0 Å². The lowest BCUT2D eigenvalue weighted by Gasteiger charge is -2.44. The average Bonchev–Trinajstić information content (AvgIpc) is 2.67. The number of Topliss-reactive ketones (excluding diaryl/α,β-unsaturated/α-hetero) is 1. The molecule has 0 aliphatic carbocycles. The first kappa shape index (κ1) is 19.9. The second-order valence-corrected chi connectivity index (χ2v) is 8.18. The molecule has 0 saturated carbocycles. The lowest BCUT2D eigenvalue weighted by atomic mass is 9.96. The summed E-state index contributed by atoms with van der Waals surface area (Å²) in [5.41, 5.74) is 1.90. The number of ketones is 1. The summed E-state index contributed by atoms with van der Waals surface area (Å²) in [6, 6.07) is 8.49. The highest BCUT2D eigenvalue weighted by Crippen LogP contribution is 2.25. The fraction of sp³-hybridized carbons (Fsp3) is 0.636. The number of anilines is 1. The van der Waals surface area contributed by atoms with Crippen molar-refractivity contribution < 1.29 is 9.59 Å². The third-order valence-electron chi connectivity index (χ3n) is 6.31. The summed E-state index contributed by atoms with van der Waals surface area (Å²) in [5, 5.41) is 0. The Morgan fingerprint density at radius 3 is 2.04 bits per heavy atom. The maximum Gasteiger partial charge on any atom is 0.240 e. The van der Waals surface area contributed by atoms with Crippen LogP contribution in [0.15, 0.2) is 24.3 Å². The molecule has 0 unspecified atom stereocenters. The summed E-state index contributed by atoms with van der Waals surface area (Å²) in [7, 11) is 0. The van der Waals surface area contributed by atoms with Gasteiger partial charge in [0.1, 0.15) is 0 Å². The van der Waals surface area contributed by atoms with Crippen molar-refractivity contribution in [2.24, 2.45) is 0 Å². The predicted molar refractivity (Wildman–Crippen MR) is 109 cm³/mol. The molecule has 2 aliphatic heterocycles. The number of hydrogen-bond donors (Lipinski definition) is 0. The van der Waals surface area contributed by atoms with E-state index in [1.54, 1.807) is 6.92 Å². The molecule has 0 radical (unpaired) electrons. The van der Waals surface area contributed by atoms with Gasteiger partial charge in [0, 0.05) is 49.5 Å². The van der Waals surface area contributed by atoms with Crippen LogP contribution in [-0.2, 0) is 4.79 Å². The monoisotopic (exact) mass is 371 g/mol. The number of likely N-dealkylation sites (tertiary alicyclic amines) is 1. The van der Waals surface area contributed by atoms with E-state index in [0.29, 0.717) is 12.1 Å². The maximum atomic E-state index is 13.1. The lowest BCUT2D eigenvalue weighted by Crippen LogP contribution is -2.58. The molecule has 5 heteroatoms. The van der Waals surface area contributed by atoms with E-state index in [1.807, 2.05) is 24.3 Å². The van der Waals surface area contributed by atoms with Gasteiger partial charge in [0.15, 0.2) is 5.78 Å². The molecule has 1 aromatic rings. The summed E-state index contributed by atoms with van der Waals surface area (Å²) in [5.74, 6) is 0.383. The van der Waals surface area contributed by atoms with Gasteiger partial charge in [-0.2, -0.15) is 0 Å². The van der Waals surface area contributed by atoms with E-state index < -0.39 is 0 Å². The molecule has 2 saturated heterocycles. The Hall–Kier alpha value is -1.88. The van der Waals surface area contributed by atoms with Crippen molar-refractivity contribution in [3.05, 3.63) is 29.8 Å². The predicted octanol–water partition coefficient (Wildman–Crippen LogP) is 3.19. The topological polar surface area (TPSA) is 43.9 Å². The standard InChI is InChI=1S/C22H33N3O2/c1-16-6-5-7-17(2)25(16)22(27)18(3)23-12-14-24(15-13-23)21-10-8-20(9-11-21)19(4)26/h8-11,16-18H,5-7,12-15H2,1-4H3/t16-,17+,18-/m1/s1. The first-order valence-corrected chi connectivity index (χ1v) is 10.3. The Kier molecular flexibility index (Phi) is 6.20. The van der Waals surface area contributed by atoms with Crippen molar-refractivity contribution >= 4 is 17.4 Å². The first-order chi connectivity index (χ1) is 12.9. The smallest absolute Gasteiger partial charge is 0.240 e. The summed E-state index contributed by atoms with van der Waals surface area (Å²) >= 11 is 0. The molecule has 2 fully saturated rings. The summed E-state index contributed by atoms with van der Waals surface area (Å²) in [4.78, 5) is 31.3. The van der Waals surface area contributed by atoms with Gasteiger partial charge in [-0.3, -0.25) is 14.5 Å². The largest absolute Gasteiger partial charge is 0.369 e. The highest BCUT2D eigenvalue weighted by molar-refractivity contribution is 5.94. The van der Waals surface area contributed by atoms with Gasteiger partial charge in [-0.05, 0) is 71.2 Å². The number of rotatable bonds is 4. The number of piperidine rings is 1. The van der Waals surface area contributed by atoms with Gasteiger partial charge in [0.25, 0.3) is 0 Å². The molecule has 1 aromatic carbocycles. The van der Waals surface area contributed by atoms with Gasteiger partial charge in [-0.25, -0.2) is 0 Å². The Morgan fingerprint density at radius 1 is 0.963 bits per heavy atom. The highest BCUT2D eigenvalue weighted by Gasteiger charge is 2.34. The molecule has 3 rings (SSSR count). The summed E-state index contributed by atoms with van der Waals surface area (Å²) in [6.45, 7) is 11.6. The van der Waals surface area contributed by atoms with Gasteiger partial charge in [0.05, 0.1) is 6.04 Å². The van der Waals surface area contributed by atoms with Gasteiger partial charge >= 0.3 is 0 Å². The third kappa shape index (κ3) is 4.34. The Morgan fingerprint density at radius 2 is 1.52 bits per heavy atom. The lowest BCUT2D eigenvalue weighted by molar-refractivity contribution is -0.142. The Balaban J connectivity index is 1.58. The minimum Gasteiger partial charge on any atom is -0.369 e. The minimum absolute atomic E-state index is 0.0600. The van der Waals surface area contributed by atoms with E-state index in [-0.39, 0.29) is 17.7 Å².